The fourth-order valence-corrected chi connectivity index (χ4v) is 2.23. The third-order valence-electron chi connectivity index (χ3n) is 3.10. The van der Waals surface area contributed by atoms with Crippen LogP contribution < -0.4 is 0 Å². The van der Waals surface area contributed by atoms with Crippen LogP contribution in [-0.4, -0.2) is 31.4 Å². The van der Waals surface area contributed by atoms with Gasteiger partial charge in [0, 0.05) is 6.21 Å². The average Bonchev–Trinajstić information content (AvgIpc) is 2.44. The molecule has 0 bridgehead atoms. The van der Waals surface area contributed by atoms with Crippen molar-refractivity contribution in [3.05, 3.63) is 35.1 Å². The molecule has 5 heteroatoms. The number of esters is 1. The van der Waals surface area contributed by atoms with Crippen LogP contribution in [0.5, 0.6) is 0 Å². The van der Waals surface area contributed by atoms with E-state index in [0.717, 1.165) is 5.57 Å². The molecule has 1 aliphatic heterocycles. The Morgan fingerprint density at radius 2 is 2.35 bits per heavy atom. The third-order valence-corrected chi connectivity index (χ3v) is 3.10. The minimum Gasteiger partial charge on any atom is -0.481 e. The molecule has 1 heterocycles. The Morgan fingerprint density at radius 3 is 3.05 bits per heavy atom. The maximum Gasteiger partial charge on any atom is 0.343 e. The van der Waals surface area contributed by atoms with E-state index in [2.05, 4.69) is 4.99 Å². The number of aliphatic imine (C=N–C) groups is 1. The number of nitrogens with zero attached hydrogens (tertiary/aromatic N) is 2. The summed E-state index contributed by atoms with van der Waals surface area (Å²) in [5, 5.41) is 8.70. The first-order valence-corrected chi connectivity index (χ1v) is 6.48. The van der Waals surface area contributed by atoms with Gasteiger partial charge in [-0.05, 0) is 13.8 Å². The summed E-state index contributed by atoms with van der Waals surface area (Å²) >= 11 is 0. The quantitative estimate of drug-likeness (QED) is 0.733. The Kier molecular flexibility index (Phi) is 4.36. The van der Waals surface area contributed by atoms with Gasteiger partial charge < -0.3 is 9.47 Å². The molecule has 0 spiro atoms. The highest BCUT2D eigenvalue weighted by Gasteiger charge is 2.32. The van der Waals surface area contributed by atoms with E-state index in [0.29, 0.717) is 11.3 Å². The third kappa shape index (κ3) is 2.80. The van der Waals surface area contributed by atoms with Crippen LogP contribution >= 0.6 is 0 Å². The number of dihydropyridines is 1. The molecule has 0 aromatic heterocycles. The molecule has 0 unspecified atom stereocenters. The van der Waals surface area contributed by atoms with E-state index in [1.165, 1.54) is 6.21 Å². The SMILES string of the molecule is CCOC(=O)C1=C(OCC#N)[C@H]2C=C(C)C=C[C@H]2N=C1. The van der Waals surface area contributed by atoms with Gasteiger partial charge in [0.15, 0.2) is 6.61 Å². The van der Waals surface area contributed by atoms with Crippen molar-refractivity contribution in [2.24, 2.45) is 10.9 Å². The lowest BCUT2D eigenvalue weighted by Crippen LogP contribution is -2.29. The van der Waals surface area contributed by atoms with Crippen LogP contribution in [0, 0.1) is 17.2 Å². The highest BCUT2D eigenvalue weighted by atomic mass is 16.5. The van der Waals surface area contributed by atoms with Crippen LogP contribution in [0.1, 0.15) is 13.8 Å². The molecule has 0 amide bonds. The molecule has 0 radical (unpaired) electrons. The minimum atomic E-state index is -0.469. The van der Waals surface area contributed by atoms with Crippen molar-refractivity contribution in [2.75, 3.05) is 13.2 Å². The number of fused-ring (bicyclic) bond motifs is 1. The van der Waals surface area contributed by atoms with Crippen molar-refractivity contribution in [1.29, 1.82) is 5.26 Å². The van der Waals surface area contributed by atoms with Gasteiger partial charge in [0.05, 0.1) is 18.6 Å². The van der Waals surface area contributed by atoms with Crippen LogP contribution in [0.3, 0.4) is 0 Å². The zero-order valence-corrected chi connectivity index (χ0v) is 11.5. The predicted molar refractivity (Wildman–Crippen MR) is 73.9 cm³/mol. The number of rotatable bonds is 4. The molecule has 2 rings (SSSR count). The molecule has 20 heavy (non-hydrogen) atoms. The van der Waals surface area contributed by atoms with Crippen molar-refractivity contribution >= 4 is 12.2 Å². The predicted octanol–water partition coefficient (Wildman–Crippen LogP) is 1.93. The van der Waals surface area contributed by atoms with Crippen LogP contribution in [0.25, 0.3) is 0 Å². The van der Waals surface area contributed by atoms with Crippen LogP contribution in [0.2, 0.25) is 0 Å². The smallest absolute Gasteiger partial charge is 0.343 e. The fraction of sp³-hybridized carbons (Fsp3) is 0.400. The van der Waals surface area contributed by atoms with Gasteiger partial charge in [0.1, 0.15) is 17.4 Å². The van der Waals surface area contributed by atoms with E-state index in [1.807, 2.05) is 31.2 Å². The van der Waals surface area contributed by atoms with Crippen LogP contribution in [0.4, 0.5) is 0 Å². The van der Waals surface area contributed by atoms with Gasteiger partial charge in [-0.15, -0.1) is 0 Å². The van der Waals surface area contributed by atoms with E-state index in [-0.39, 0.29) is 25.2 Å². The lowest BCUT2D eigenvalue weighted by molar-refractivity contribution is -0.138. The first-order valence-electron chi connectivity index (χ1n) is 6.48. The molecular formula is C15H16N2O3. The lowest BCUT2D eigenvalue weighted by Gasteiger charge is -2.28. The highest BCUT2D eigenvalue weighted by Crippen LogP contribution is 2.32. The molecule has 0 aromatic rings. The maximum atomic E-state index is 12.0. The molecule has 0 saturated carbocycles. The van der Waals surface area contributed by atoms with Crippen LogP contribution in [0.15, 0.2) is 40.1 Å². The lowest BCUT2D eigenvalue weighted by atomic mass is 9.87. The van der Waals surface area contributed by atoms with Crippen LogP contribution in [-0.2, 0) is 14.3 Å². The van der Waals surface area contributed by atoms with E-state index in [1.54, 1.807) is 6.92 Å². The Hall–Kier alpha value is -2.35. The molecular weight excluding hydrogens is 256 g/mol. The molecule has 5 nitrogen and oxygen atoms in total. The van der Waals surface area contributed by atoms with E-state index in [4.69, 9.17) is 14.7 Å². The molecule has 2 aliphatic rings. The van der Waals surface area contributed by atoms with E-state index < -0.39 is 5.97 Å². The summed E-state index contributed by atoms with van der Waals surface area (Å²) in [7, 11) is 0. The first kappa shape index (κ1) is 14.1. The van der Waals surface area contributed by atoms with Crippen molar-refractivity contribution in [1.82, 2.24) is 0 Å². The molecule has 0 aromatic carbocycles. The van der Waals surface area contributed by atoms with Gasteiger partial charge in [-0.25, -0.2) is 4.79 Å². The Morgan fingerprint density at radius 1 is 1.55 bits per heavy atom. The molecule has 0 N–H and O–H groups in total. The molecule has 2 atom stereocenters. The average molecular weight is 272 g/mol. The molecule has 1 aliphatic carbocycles. The standard InChI is InChI=1S/C15H16N2O3/c1-3-19-15(18)12-9-17-13-5-4-10(2)8-11(13)14(12)20-7-6-16/h4-5,8-9,11,13H,3,7H2,1-2H3/t11-,13+/m0/s1. The van der Waals surface area contributed by atoms with E-state index in [9.17, 15) is 4.79 Å². The highest BCUT2D eigenvalue weighted by molar-refractivity contribution is 6.10. The second kappa shape index (κ2) is 6.20. The summed E-state index contributed by atoms with van der Waals surface area (Å²) in [6.45, 7) is 3.89. The number of allylic oxidation sites excluding steroid dienone is 2. The Balaban J connectivity index is 2.37. The minimum absolute atomic E-state index is 0.0921. The van der Waals surface area contributed by atoms with Crippen molar-refractivity contribution in [2.45, 2.75) is 19.9 Å². The second-order valence-electron chi connectivity index (χ2n) is 4.51. The summed E-state index contributed by atoms with van der Waals surface area (Å²) < 4.78 is 10.5. The van der Waals surface area contributed by atoms with Gasteiger partial charge in [-0.2, -0.15) is 5.26 Å². The summed E-state index contributed by atoms with van der Waals surface area (Å²) in [5.41, 5.74) is 1.37. The number of ether oxygens (including phenoxy) is 2. The van der Waals surface area contributed by atoms with Gasteiger partial charge in [-0.1, -0.05) is 23.8 Å². The van der Waals surface area contributed by atoms with Crippen molar-refractivity contribution in [3.63, 3.8) is 0 Å². The number of carbonyl (C=O) groups excluding carboxylic acids is 1. The monoisotopic (exact) mass is 272 g/mol. The number of nitriles is 1. The largest absolute Gasteiger partial charge is 0.481 e. The van der Waals surface area contributed by atoms with Gasteiger partial charge in [0.25, 0.3) is 0 Å². The molecule has 0 saturated heterocycles. The summed E-state index contributed by atoms with van der Waals surface area (Å²) in [6, 6.07) is 1.83. The van der Waals surface area contributed by atoms with Crippen molar-refractivity contribution < 1.29 is 14.3 Å². The van der Waals surface area contributed by atoms with Gasteiger partial charge >= 0.3 is 5.97 Å². The van der Waals surface area contributed by atoms with Gasteiger partial charge in [0.2, 0.25) is 0 Å². The maximum absolute atomic E-state index is 12.0. The molecule has 0 fully saturated rings. The normalized spacial score (nSPS) is 23.8. The number of hydrogen-bond donors (Lipinski definition) is 0. The zero-order chi connectivity index (χ0) is 14.5. The number of hydrogen-bond acceptors (Lipinski definition) is 5. The Bertz CT molecular complexity index is 564. The topological polar surface area (TPSA) is 71.7 Å². The summed E-state index contributed by atoms with van der Waals surface area (Å²) in [5.74, 6) is -0.158. The first-order chi connectivity index (χ1) is 9.67. The second-order valence-corrected chi connectivity index (χ2v) is 4.51. The summed E-state index contributed by atoms with van der Waals surface area (Å²) in [4.78, 5) is 16.3. The zero-order valence-electron chi connectivity index (χ0n) is 11.5. The molecule has 104 valence electrons. The van der Waals surface area contributed by atoms with Gasteiger partial charge in [-0.3, -0.25) is 4.99 Å². The van der Waals surface area contributed by atoms with Crippen molar-refractivity contribution in [3.8, 4) is 6.07 Å². The summed E-state index contributed by atoms with van der Waals surface area (Å²) in [6.07, 6.45) is 7.42. The number of carbonyl (C=O) groups is 1. The van der Waals surface area contributed by atoms with E-state index >= 15 is 0 Å². The Labute approximate surface area is 117 Å². The fourth-order valence-electron chi connectivity index (χ4n) is 2.23.